The normalized spacial score (nSPS) is 10.4. The van der Waals surface area contributed by atoms with Crippen LogP contribution >= 0.6 is 0 Å². The molecule has 142 valence electrons. The number of hydrogen-bond donors (Lipinski definition) is 2. The third-order valence-electron chi connectivity index (χ3n) is 4.94. The summed E-state index contributed by atoms with van der Waals surface area (Å²) >= 11 is 0. The number of aryl methyl sites for hydroxylation is 2. The molecule has 0 spiro atoms. The van der Waals surface area contributed by atoms with Crippen molar-refractivity contribution in [2.75, 3.05) is 5.32 Å². The molecule has 0 aromatic heterocycles. The lowest BCUT2D eigenvalue weighted by Crippen LogP contribution is -2.23. The van der Waals surface area contributed by atoms with E-state index in [1.165, 1.54) is 0 Å². The smallest absolute Gasteiger partial charge is 0.255 e. The van der Waals surface area contributed by atoms with Gasteiger partial charge < -0.3 is 10.6 Å². The van der Waals surface area contributed by atoms with E-state index < -0.39 is 0 Å². The van der Waals surface area contributed by atoms with Crippen molar-refractivity contribution in [3.63, 3.8) is 0 Å². The van der Waals surface area contributed by atoms with E-state index in [4.69, 9.17) is 0 Å². The Hall–Kier alpha value is -3.40. The van der Waals surface area contributed by atoms with Crippen molar-refractivity contribution >= 4 is 17.5 Å². The van der Waals surface area contributed by atoms with Crippen LogP contribution in [-0.2, 0) is 6.54 Å². The standard InChI is InChI=1S/C24H24N2O2/c1-16-9-6-13-22(18(16)3)26-24(28)20-12-7-11-19(14-20)23(27)25-15-21-10-5-4-8-17(21)2/h4-14H,15H2,1-3H3,(H,25,27)(H,26,28). The van der Waals surface area contributed by atoms with Crippen molar-refractivity contribution in [2.24, 2.45) is 0 Å². The molecule has 0 aliphatic carbocycles. The first-order valence-corrected chi connectivity index (χ1v) is 9.26. The maximum atomic E-state index is 12.6. The number of rotatable bonds is 5. The molecule has 3 aromatic carbocycles. The second kappa shape index (κ2) is 8.53. The number of nitrogens with one attached hydrogen (secondary N) is 2. The molecule has 2 N–H and O–H groups in total. The molecule has 4 heteroatoms. The van der Waals surface area contributed by atoms with Crippen molar-refractivity contribution in [2.45, 2.75) is 27.3 Å². The second-order valence-corrected chi connectivity index (χ2v) is 6.89. The Bertz CT molecular complexity index is 1020. The number of benzene rings is 3. The molecule has 0 atom stereocenters. The van der Waals surface area contributed by atoms with Crippen LogP contribution in [0.15, 0.2) is 66.7 Å². The highest BCUT2D eigenvalue weighted by atomic mass is 16.2. The summed E-state index contributed by atoms with van der Waals surface area (Å²) < 4.78 is 0. The quantitative estimate of drug-likeness (QED) is 0.676. The fraction of sp³-hybridized carbons (Fsp3) is 0.167. The third-order valence-corrected chi connectivity index (χ3v) is 4.94. The van der Waals surface area contributed by atoms with Crippen molar-refractivity contribution < 1.29 is 9.59 Å². The molecule has 0 bridgehead atoms. The molecule has 0 fully saturated rings. The fourth-order valence-electron chi connectivity index (χ4n) is 2.97. The van der Waals surface area contributed by atoms with Crippen molar-refractivity contribution in [1.82, 2.24) is 5.32 Å². The zero-order valence-electron chi connectivity index (χ0n) is 16.4. The summed E-state index contributed by atoms with van der Waals surface area (Å²) in [5.74, 6) is -0.438. The summed E-state index contributed by atoms with van der Waals surface area (Å²) in [7, 11) is 0. The SMILES string of the molecule is Cc1ccccc1CNC(=O)c1cccc(C(=O)Nc2cccc(C)c2C)c1. The molecule has 0 aliphatic heterocycles. The summed E-state index contributed by atoms with van der Waals surface area (Å²) in [5, 5.41) is 5.85. The molecule has 0 heterocycles. The highest BCUT2D eigenvalue weighted by Gasteiger charge is 2.12. The van der Waals surface area contributed by atoms with E-state index in [9.17, 15) is 9.59 Å². The Balaban J connectivity index is 1.70. The Labute approximate surface area is 165 Å². The van der Waals surface area contributed by atoms with Gasteiger partial charge in [-0.1, -0.05) is 42.5 Å². The predicted molar refractivity (Wildman–Crippen MR) is 113 cm³/mol. The molecule has 0 saturated heterocycles. The Morgan fingerprint density at radius 1 is 0.750 bits per heavy atom. The maximum absolute atomic E-state index is 12.6. The number of carbonyl (C=O) groups is 2. The van der Waals surface area contributed by atoms with Gasteiger partial charge in [-0.2, -0.15) is 0 Å². The minimum absolute atomic E-state index is 0.204. The molecule has 3 rings (SSSR count). The van der Waals surface area contributed by atoms with Crippen LogP contribution in [0.2, 0.25) is 0 Å². The van der Waals surface area contributed by atoms with E-state index in [0.717, 1.165) is 27.9 Å². The number of anilines is 1. The summed E-state index contributed by atoms with van der Waals surface area (Å²) in [6.45, 7) is 6.44. The molecule has 0 unspecified atom stereocenters. The number of carbonyl (C=O) groups excluding carboxylic acids is 2. The van der Waals surface area contributed by atoms with E-state index >= 15 is 0 Å². The van der Waals surface area contributed by atoms with Crippen LogP contribution in [0.3, 0.4) is 0 Å². The van der Waals surface area contributed by atoms with Gasteiger partial charge in [0.1, 0.15) is 0 Å². The van der Waals surface area contributed by atoms with E-state index in [1.54, 1.807) is 24.3 Å². The molecule has 3 aromatic rings. The third kappa shape index (κ3) is 4.46. The van der Waals surface area contributed by atoms with Crippen LogP contribution in [0.5, 0.6) is 0 Å². The maximum Gasteiger partial charge on any atom is 0.255 e. The van der Waals surface area contributed by atoms with Crippen LogP contribution in [0, 0.1) is 20.8 Å². The second-order valence-electron chi connectivity index (χ2n) is 6.89. The molecular weight excluding hydrogens is 348 g/mol. The minimum atomic E-state index is -0.234. The van der Waals surface area contributed by atoms with Crippen LogP contribution < -0.4 is 10.6 Å². The monoisotopic (exact) mass is 372 g/mol. The van der Waals surface area contributed by atoms with E-state index in [0.29, 0.717) is 17.7 Å². The topological polar surface area (TPSA) is 58.2 Å². The van der Waals surface area contributed by atoms with Gasteiger partial charge >= 0.3 is 0 Å². The van der Waals surface area contributed by atoms with Gasteiger partial charge in [-0.15, -0.1) is 0 Å². The van der Waals surface area contributed by atoms with Crippen molar-refractivity contribution in [1.29, 1.82) is 0 Å². The van der Waals surface area contributed by atoms with Gasteiger partial charge in [0.25, 0.3) is 11.8 Å². The lowest BCUT2D eigenvalue weighted by atomic mass is 10.1. The van der Waals surface area contributed by atoms with Crippen molar-refractivity contribution in [3.8, 4) is 0 Å². The summed E-state index contributed by atoms with van der Waals surface area (Å²) in [6, 6.07) is 20.5. The van der Waals surface area contributed by atoms with Gasteiger partial charge in [-0.25, -0.2) is 0 Å². The average Bonchev–Trinajstić information content (AvgIpc) is 2.70. The summed E-state index contributed by atoms with van der Waals surface area (Å²) in [6.07, 6.45) is 0. The molecule has 4 nitrogen and oxygen atoms in total. The lowest BCUT2D eigenvalue weighted by Gasteiger charge is -2.11. The molecule has 0 aliphatic rings. The summed E-state index contributed by atoms with van der Waals surface area (Å²) in [5.41, 5.74) is 6.03. The minimum Gasteiger partial charge on any atom is -0.348 e. The zero-order valence-corrected chi connectivity index (χ0v) is 16.4. The van der Waals surface area contributed by atoms with Gasteiger partial charge in [0.05, 0.1) is 0 Å². The van der Waals surface area contributed by atoms with Gasteiger partial charge in [0, 0.05) is 23.4 Å². The molecule has 0 saturated carbocycles. The predicted octanol–water partition coefficient (Wildman–Crippen LogP) is 4.79. The molecule has 2 amide bonds. The largest absolute Gasteiger partial charge is 0.348 e. The van der Waals surface area contributed by atoms with Gasteiger partial charge in [0.15, 0.2) is 0 Å². The van der Waals surface area contributed by atoms with E-state index in [2.05, 4.69) is 10.6 Å². The summed E-state index contributed by atoms with van der Waals surface area (Å²) in [4.78, 5) is 25.2. The number of amides is 2. The first-order valence-electron chi connectivity index (χ1n) is 9.26. The molecule has 28 heavy (non-hydrogen) atoms. The first-order chi connectivity index (χ1) is 13.5. The van der Waals surface area contributed by atoms with Crippen LogP contribution in [0.25, 0.3) is 0 Å². The highest BCUT2D eigenvalue weighted by Crippen LogP contribution is 2.19. The van der Waals surface area contributed by atoms with Crippen LogP contribution in [0.4, 0.5) is 5.69 Å². The average molecular weight is 372 g/mol. The van der Waals surface area contributed by atoms with Gasteiger partial charge in [0.2, 0.25) is 0 Å². The fourth-order valence-corrected chi connectivity index (χ4v) is 2.97. The Morgan fingerprint density at radius 2 is 1.39 bits per heavy atom. The van der Waals surface area contributed by atoms with E-state index in [1.807, 2.05) is 63.2 Å². The van der Waals surface area contributed by atoms with Gasteiger partial charge in [-0.05, 0) is 67.3 Å². The van der Waals surface area contributed by atoms with Crippen LogP contribution in [-0.4, -0.2) is 11.8 Å². The highest BCUT2D eigenvalue weighted by molar-refractivity contribution is 6.06. The number of hydrogen-bond acceptors (Lipinski definition) is 2. The van der Waals surface area contributed by atoms with Crippen molar-refractivity contribution in [3.05, 3.63) is 100 Å². The Morgan fingerprint density at radius 3 is 2.14 bits per heavy atom. The molecule has 0 radical (unpaired) electrons. The first kappa shape index (κ1) is 19.4. The lowest BCUT2D eigenvalue weighted by molar-refractivity contribution is 0.0951. The van der Waals surface area contributed by atoms with Crippen LogP contribution in [0.1, 0.15) is 43.0 Å². The van der Waals surface area contributed by atoms with E-state index in [-0.39, 0.29) is 11.8 Å². The zero-order chi connectivity index (χ0) is 20.1. The van der Waals surface area contributed by atoms with Gasteiger partial charge in [-0.3, -0.25) is 9.59 Å². The molecular formula is C24H24N2O2. The Kier molecular flexibility index (Phi) is 5.90.